The molecular formula is C17H13ClN4O6S. The molecule has 1 aromatic carbocycles. The summed E-state index contributed by atoms with van der Waals surface area (Å²) in [4.78, 5) is 50.8. The highest BCUT2D eigenvalue weighted by atomic mass is 35.5. The third kappa shape index (κ3) is 4.95. The molecule has 150 valence electrons. The summed E-state index contributed by atoms with van der Waals surface area (Å²) >= 11 is 7.23. The van der Waals surface area contributed by atoms with Gasteiger partial charge in [-0.25, -0.2) is 4.98 Å². The SMILES string of the molecule is O=C(COC(=O)CCn1cnc2sccc2c1=O)Nc1ccc([N+](=O)[O-])cc1Cl. The molecule has 0 aliphatic carbocycles. The van der Waals surface area contributed by atoms with Gasteiger partial charge < -0.3 is 10.1 Å². The number of halogens is 1. The Kier molecular flexibility index (Phi) is 6.20. The van der Waals surface area contributed by atoms with Gasteiger partial charge in [-0.05, 0) is 17.5 Å². The number of ether oxygens (including phenoxy) is 1. The fourth-order valence-electron chi connectivity index (χ4n) is 2.39. The molecule has 29 heavy (non-hydrogen) atoms. The molecule has 0 spiro atoms. The van der Waals surface area contributed by atoms with E-state index in [2.05, 4.69) is 10.3 Å². The minimum absolute atomic E-state index is 0.0189. The van der Waals surface area contributed by atoms with E-state index in [1.165, 1.54) is 34.4 Å². The molecule has 0 aliphatic rings. The number of anilines is 1. The maximum Gasteiger partial charge on any atom is 0.308 e. The quantitative estimate of drug-likeness (QED) is 0.341. The van der Waals surface area contributed by atoms with Gasteiger partial charge in [-0.3, -0.25) is 29.1 Å². The van der Waals surface area contributed by atoms with Crippen LogP contribution < -0.4 is 10.9 Å². The molecule has 2 aromatic heterocycles. The number of nitrogens with one attached hydrogen (secondary N) is 1. The maximum absolute atomic E-state index is 12.2. The molecule has 3 rings (SSSR count). The molecule has 2 heterocycles. The van der Waals surface area contributed by atoms with Crippen LogP contribution in [0.1, 0.15) is 6.42 Å². The Morgan fingerprint density at radius 3 is 2.86 bits per heavy atom. The summed E-state index contributed by atoms with van der Waals surface area (Å²) < 4.78 is 6.17. The van der Waals surface area contributed by atoms with Gasteiger partial charge in [0.25, 0.3) is 17.2 Å². The molecule has 0 atom stereocenters. The monoisotopic (exact) mass is 436 g/mol. The molecule has 0 aliphatic heterocycles. The van der Waals surface area contributed by atoms with E-state index in [1.807, 2.05) is 0 Å². The van der Waals surface area contributed by atoms with Gasteiger partial charge in [-0.15, -0.1) is 11.3 Å². The van der Waals surface area contributed by atoms with Gasteiger partial charge in [-0.2, -0.15) is 0 Å². The number of fused-ring (bicyclic) bond motifs is 1. The standard InChI is InChI=1S/C17H13ClN4O6S/c18-12-7-10(22(26)27)1-2-13(12)20-14(23)8-28-15(24)3-5-21-9-19-16-11(17(21)25)4-6-29-16/h1-2,4,6-7,9H,3,5,8H2,(H,20,23). The van der Waals surface area contributed by atoms with Crippen LogP contribution in [0.3, 0.4) is 0 Å². The van der Waals surface area contributed by atoms with Gasteiger partial charge in [0.1, 0.15) is 4.83 Å². The minimum atomic E-state index is -0.674. The second-order valence-electron chi connectivity index (χ2n) is 5.76. The van der Waals surface area contributed by atoms with E-state index in [4.69, 9.17) is 16.3 Å². The first-order valence-electron chi connectivity index (χ1n) is 8.17. The van der Waals surface area contributed by atoms with Crippen molar-refractivity contribution >= 4 is 56.4 Å². The Balaban J connectivity index is 1.50. The molecule has 3 aromatic rings. The molecule has 10 nitrogen and oxygen atoms in total. The second-order valence-corrected chi connectivity index (χ2v) is 7.06. The first-order valence-corrected chi connectivity index (χ1v) is 9.43. The van der Waals surface area contributed by atoms with E-state index in [0.29, 0.717) is 10.2 Å². The fraction of sp³-hybridized carbons (Fsp3) is 0.176. The van der Waals surface area contributed by atoms with Crippen LogP contribution in [-0.2, 0) is 20.9 Å². The van der Waals surface area contributed by atoms with Crippen LogP contribution >= 0.6 is 22.9 Å². The Morgan fingerprint density at radius 2 is 2.14 bits per heavy atom. The van der Waals surface area contributed by atoms with Gasteiger partial charge in [-0.1, -0.05) is 11.6 Å². The average Bonchev–Trinajstić information content (AvgIpc) is 3.17. The Morgan fingerprint density at radius 1 is 1.34 bits per heavy atom. The molecule has 0 saturated heterocycles. The van der Waals surface area contributed by atoms with Crippen LogP contribution in [0.15, 0.2) is 40.8 Å². The van der Waals surface area contributed by atoms with Crippen molar-refractivity contribution in [3.63, 3.8) is 0 Å². The van der Waals surface area contributed by atoms with Gasteiger partial charge in [0.2, 0.25) is 0 Å². The zero-order chi connectivity index (χ0) is 21.0. The number of hydrogen-bond acceptors (Lipinski definition) is 8. The van der Waals surface area contributed by atoms with Gasteiger partial charge >= 0.3 is 5.97 Å². The molecule has 0 saturated carbocycles. The number of nitro benzene ring substituents is 1. The third-order valence-corrected chi connectivity index (χ3v) is 4.94. The van der Waals surface area contributed by atoms with Crippen molar-refractivity contribution in [1.82, 2.24) is 9.55 Å². The van der Waals surface area contributed by atoms with E-state index in [1.54, 1.807) is 11.4 Å². The molecular weight excluding hydrogens is 424 g/mol. The predicted octanol–water partition coefficient (Wildman–Crippen LogP) is 2.59. The second kappa shape index (κ2) is 8.80. The molecule has 1 N–H and O–H groups in total. The Labute approximate surface area is 171 Å². The first kappa shape index (κ1) is 20.4. The summed E-state index contributed by atoms with van der Waals surface area (Å²) in [5.74, 6) is -1.33. The van der Waals surface area contributed by atoms with E-state index in [-0.39, 0.29) is 34.9 Å². The number of amides is 1. The number of rotatable bonds is 7. The van der Waals surface area contributed by atoms with Gasteiger partial charge in [0, 0.05) is 18.7 Å². The highest BCUT2D eigenvalue weighted by Gasteiger charge is 2.13. The van der Waals surface area contributed by atoms with Crippen LogP contribution in [0.5, 0.6) is 0 Å². The molecule has 0 fully saturated rings. The summed E-state index contributed by atoms with van der Waals surface area (Å²) in [6, 6.07) is 5.22. The summed E-state index contributed by atoms with van der Waals surface area (Å²) in [5.41, 5.74) is -0.320. The van der Waals surface area contributed by atoms with Gasteiger partial charge in [0.15, 0.2) is 6.61 Å². The van der Waals surface area contributed by atoms with Crippen molar-refractivity contribution < 1.29 is 19.2 Å². The van der Waals surface area contributed by atoms with Crippen LogP contribution in [0, 0.1) is 10.1 Å². The number of nitro groups is 1. The third-order valence-electron chi connectivity index (χ3n) is 3.81. The smallest absolute Gasteiger partial charge is 0.308 e. The van der Waals surface area contributed by atoms with Crippen molar-refractivity contribution in [3.05, 3.63) is 61.5 Å². The zero-order valence-electron chi connectivity index (χ0n) is 14.7. The Bertz CT molecular complexity index is 1160. The maximum atomic E-state index is 12.2. The van der Waals surface area contributed by atoms with Gasteiger partial charge in [0.05, 0.1) is 33.8 Å². The van der Waals surface area contributed by atoms with Crippen molar-refractivity contribution in [2.24, 2.45) is 0 Å². The highest BCUT2D eigenvalue weighted by Crippen LogP contribution is 2.26. The summed E-state index contributed by atoms with van der Waals surface area (Å²) in [6.45, 7) is -0.505. The summed E-state index contributed by atoms with van der Waals surface area (Å²) in [6.07, 6.45) is 1.24. The number of aromatic nitrogens is 2. The summed E-state index contributed by atoms with van der Waals surface area (Å²) in [5, 5.41) is 15.3. The summed E-state index contributed by atoms with van der Waals surface area (Å²) in [7, 11) is 0. The lowest BCUT2D eigenvalue weighted by Gasteiger charge is -2.08. The van der Waals surface area contributed by atoms with E-state index >= 15 is 0 Å². The number of thiophene rings is 1. The van der Waals surface area contributed by atoms with Crippen LogP contribution in [-0.4, -0.2) is 33.0 Å². The Hall–Kier alpha value is -3.31. The number of benzene rings is 1. The number of nitrogens with zero attached hydrogens (tertiary/aromatic N) is 3. The zero-order valence-corrected chi connectivity index (χ0v) is 16.2. The minimum Gasteiger partial charge on any atom is -0.456 e. The first-order chi connectivity index (χ1) is 13.8. The number of aryl methyl sites for hydroxylation is 1. The number of carbonyl (C=O) groups excluding carboxylic acids is 2. The van der Waals surface area contributed by atoms with Crippen molar-refractivity contribution in [2.45, 2.75) is 13.0 Å². The highest BCUT2D eigenvalue weighted by molar-refractivity contribution is 7.16. The predicted molar refractivity (Wildman–Crippen MR) is 106 cm³/mol. The van der Waals surface area contributed by atoms with Crippen LogP contribution in [0.2, 0.25) is 5.02 Å². The average molecular weight is 437 g/mol. The normalized spacial score (nSPS) is 10.7. The van der Waals surface area contributed by atoms with Crippen LogP contribution in [0.25, 0.3) is 10.2 Å². The molecule has 1 amide bonds. The molecule has 12 heteroatoms. The lowest BCUT2D eigenvalue weighted by molar-refractivity contribution is -0.384. The van der Waals surface area contributed by atoms with Crippen LogP contribution in [0.4, 0.5) is 11.4 Å². The number of esters is 1. The van der Waals surface area contributed by atoms with E-state index in [0.717, 1.165) is 6.07 Å². The molecule has 0 unspecified atom stereocenters. The lowest BCUT2D eigenvalue weighted by Crippen LogP contribution is -2.24. The topological polar surface area (TPSA) is 133 Å². The number of hydrogen-bond donors (Lipinski definition) is 1. The number of carbonyl (C=O) groups is 2. The van der Waals surface area contributed by atoms with E-state index < -0.39 is 23.4 Å². The van der Waals surface area contributed by atoms with Crippen molar-refractivity contribution in [2.75, 3.05) is 11.9 Å². The fourth-order valence-corrected chi connectivity index (χ4v) is 3.33. The largest absolute Gasteiger partial charge is 0.456 e. The number of non-ortho nitro benzene ring substituents is 1. The lowest BCUT2D eigenvalue weighted by atomic mass is 10.3. The van der Waals surface area contributed by atoms with Crippen molar-refractivity contribution in [3.8, 4) is 0 Å². The van der Waals surface area contributed by atoms with Crippen molar-refractivity contribution in [1.29, 1.82) is 0 Å². The van der Waals surface area contributed by atoms with E-state index in [9.17, 15) is 24.5 Å². The molecule has 0 bridgehead atoms. The molecule has 0 radical (unpaired) electrons.